The average Bonchev–Trinajstić information content (AvgIpc) is 3.13. The molecule has 1 aliphatic heterocycles. The first kappa shape index (κ1) is 24.4. The maximum atomic E-state index is 13.1. The number of carbonyl (C=O) groups is 1. The third-order valence-corrected chi connectivity index (χ3v) is 6.01. The zero-order valence-corrected chi connectivity index (χ0v) is 21.3. The van der Waals surface area contributed by atoms with E-state index in [-0.39, 0.29) is 18.2 Å². The second-order valence-electron chi connectivity index (χ2n) is 7.67. The van der Waals surface area contributed by atoms with E-state index in [0.29, 0.717) is 40.6 Å². The van der Waals surface area contributed by atoms with Gasteiger partial charge in [-0.15, -0.1) is 0 Å². The predicted molar refractivity (Wildman–Crippen MR) is 143 cm³/mol. The molecule has 178 valence electrons. The molecule has 4 rings (SSSR count). The number of ether oxygens (including phenoxy) is 2. The van der Waals surface area contributed by atoms with Gasteiger partial charge >= 0.3 is 0 Å². The molecule has 0 atom stereocenters. The van der Waals surface area contributed by atoms with E-state index in [1.807, 2.05) is 49.4 Å². The first-order valence-corrected chi connectivity index (χ1v) is 11.9. The summed E-state index contributed by atoms with van der Waals surface area (Å²) in [6.45, 7) is 4.24. The third kappa shape index (κ3) is 5.51. The van der Waals surface area contributed by atoms with Crippen molar-refractivity contribution in [2.24, 2.45) is 5.10 Å². The number of nitro groups is 1. The van der Waals surface area contributed by atoms with Crippen LogP contribution in [-0.4, -0.2) is 23.1 Å². The number of anilines is 1. The van der Waals surface area contributed by atoms with Crippen molar-refractivity contribution in [1.82, 2.24) is 0 Å². The molecular formula is C26H22IN3O5. The Labute approximate surface area is 216 Å². The predicted octanol–water partition coefficient (Wildman–Crippen LogP) is 5.98. The van der Waals surface area contributed by atoms with E-state index in [9.17, 15) is 14.9 Å². The molecule has 1 heterocycles. The Balaban J connectivity index is 1.60. The Bertz CT molecular complexity index is 1340. The number of amides is 1. The van der Waals surface area contributed by atoms with Crippen LogP contribution in [0.15, 0.2) is 77.4 Å². The van der Waals surface area contributed by atoms with Crippen LogP contribution in [0.3, 0.4) is 0 Å². The van der Waals surface area contributed by atoms with Gasteiger partial charge in [0.25, 0.3) is 11.6 Å². The highest BCUT2D eigenvalue weighted by Crippen LogP contribution is 2.36. The molecular weight excluding hydrogens is 561 g/mol. The Kier molecular flexibility index (Phi) is 7.45. The lowest BCUT2D eigenvalue weighted by molar-refractivity contribution is -0.384. The van der Waals surface area contributed by atoms with Gasteiger partial charge in [0.2, 0.25) is 0 Å². The van der Waals surface area contributed by atoms with Gasteiger partial charge in [0.05, 0.1) is 32.1 Å². The molecule has 0 saturated carbocycles. The number of benzene rings is 3. The molecule has 0 aromatic heterocycles. The lowest BCUT2D eigenvalue weighted by Gasteiger charge is -2.15. The maximum Gasteiger partial charge on any atom is 0.280 e. The fraction of sp³-hybridized carbons (Fsp3) is 0.154. The van der Waals surface area contributed by atoms with E-state index >= 15 is 0 Å². The first-order chi connectivity index (χ1) is 16.9. The number of nitrogens with zero attached hydrogens (tertiary/aromatic N) is 3. The number of hydrogen-bond acceptors (Lipinski definition) is 6. The van der Waals surface area contributed by atoms with Crippen LogP contribution in [0, 0.1) is 13.7 Å². The van der Waals surface area contributed by atoms with Gasteiger partial charge in [0.1, 0.15) is 6.61 Å². The summed E-state index contributed by atoms with van der Waals surface area (Å²) in [4.78, 5) is 23.7. The quantitative estimate of drug-likeness (QED) is 0.141. The van der Waals surface area contributed by atoms with E-state index in [2.05, 4.69) is 27.7 Å². The highest BCUT2D eigenvalue weighted by Gasteiger charge is 2.28. The smallest absolute Gasteiger partial charge is 0.280 e. The van der Waals surface area contributed by atoms with E-state index in [0.717, 1.165) is 9.13 Å². The number of halogens is 1. The van der Waals surface area contributed by atoms with Gasteiger partial charge in [-0.2, -0.15) is 10.1 Å². The van der Waals surface area contributed by atoms with E-state index in [1.54, 1.807) is 25.1 Å². The van der Waals surface area contributed by atoms with Crippen molar-refractivity contribution >= 4 is 51.7 Å². The Hall–Kier alpha value is -3.73. The minimum absolute atomic E-state index is 0.00983. The number of nitro benzene ring substituents is 1. The summed E-state index contributed by atoms with van der Waals surface area (Å²) in [5.74, 6) is 0.861. The highest BCUT2D eigenvalue weighted by atomic mass is 127. The number of non-ortho nitro benzene ring substituents is 1. The number of hydrazone groups is 1. The molecule has 9 heteroatoms. The Morgan fingerprint density at radius 3 is 2.57 bits per heavy atom. The molecule has 0 saturated heterocycles. The zero-order chi connectivity index (χ0) is 24.9. The zero-order valence-electron chi connectivity index (χ0n) is 19.1. The minimum atomic E-state index is -0.435. The third-order valence-electron chi connectivity index (χ3n) is 5.21. The van der Waals surface area contributed by atoms with E-state index in [1.165, 1.54) is 17.1 Å². The van der Waals surface area contributed by atoms with Crippen LogP contribution < -0.4 is 14.5 Å². The second-order valence-corrected chi connectivity index (χ2v) is 8.84. The van der Waals surface area contributed by atoms with Crippen molar-refractivity contribution in [1.29, 1.82) is 0 Å². The van der Waals surface area contributed by atoms with Crippen molar-refractivity contribution < 1.29 is 19.2 Å². The van der Waals surface area contributed by atoms with E-state index < -0.39 is 4.92 Å². The molecule has 0 fully saturated rings. The molecule has 3 aromatic rings. The lowest BCUT2D eigenvalue weighted by atomic mass is 10.1. The molecule has 3 aromatic carbocycles. The SMILES string of the molecule is CCOc1cc(/C=C2/C(=O)N(c3ccccc3)N=C2C)cc(I)c1OCc1cccc([N+](=O)[O-])c1. The van der Waals surface area contributed by atoms with Crippen molar-refractivity contribution in [2.45, 2.75) is 20.5 Å². The highest BCUT2D eigenvalue weighted by molar-refractivity contribution is 14.1. The van der Waals surface area contributed by atoms with Crippen molar-refractivity contribution in [2.75, 3.05) is 11.6 Å². The van der Waals surface area contributed by atoms with Crippen LogP contribution in [-0.2, 0) is 11.4 Å². The molecule has 1 aliphatic rings. The molecule has 0 bridgehead atoms. The van der Waals surface area contributed by atoms with Crippen LogP contribution in [0.2, 0.25) is 0 Å². The first-order valence-electron chi connectivity index (χ1n) is 10.9. The molecule has 0 radical (unpaired) electrons. The second kappa shape index (κ2) is 10.7. The van der Waals surface area contributed by atoms with Gasteiger partial charge in [-0.1, -0.05) is 30.3 Å². The van der Waals surface area contributed by atoms with Gasteiger partial charge in [-0.25, -0.2) is 0 Å². The molecule has 0 unspecified atom stereocenters. The van der Waals surface area contributed by atoms with Gasteiger partial charge in [0.15, 0.2) is 11.5 Å². The topological polar surface area (TPSA) is 94.3 Å². The van der Waals surface area contributed by atoms with Crippen LogP contribution in [0.5, 0.6) is 11.5 Å². The van der Waals surface area contributed by atoms with Gasteiger partial charge < -0.3 is 9.47 Å². The Morgan fingerprint density at radius 2 is 1.86 bits per heavy atom. The number of carbonyl (C=O) groups excluding carboxylic acids is 1. The van der Waals surface area contributed by atoms with Crippen LogP contribution in [0.4, 0.5) is 11.4 Å². The lowest BCUT2D eigenvalue weighted by Crippen LogP contribution is -2.21. The number of rotatable bonds is 8. The molecule has 0 spiro atoms. The fourth-order valence-electron chi connectivity index (χ4n) is 3.58. The number of para-hydroxylation sites is 1. The van der Waals surface area contributed by atoms with Crippen molar-refractivity contribution in [3.63, 3.8) is 0 Å². The summed E-state index contributed by atoms with van der Waals surface area (Å²) in [6.07, 6.45) is 1.79. The summed E-state index contributed by atoms with van der Waals surface area (Å²) in [6, 6.07) is 19.3. The monoisotopic (exact) mass is 583 g/mol. The normalized spacial score (nSPS) is 14.3. The van der Waals surface area contributed by atoms with Crippen LogP contribution >= 0.6 is 22.6 Å². The molecule has 1 amide bonds. The summed E-state index contributed by atoms with van der Waals surface area (Å²) < 4.78 is 12.6. The van der Waals surface area contributed by atoms with Gasteiger partial charge in [0, 0.05) is 12.1 Å². The van der Waals surface area contributed by atoms with E-state index in [4.69, 9.17) is 9.47 Å². The van der Waals surface area contributed by atoms with Gasteiger partial charge in [-0.05, 0) is 77.9 Å². The maximum absolute atomic E-state index is 13.1. The van der Waals surface area contributed by atoms with Gasteiger partial charge in [-0.3, -0.25) is 14.9 Å². The van der Waals surface area contributed by atoms with Crippen molar-refractivity contribution in [3.05, 3.63) is 97.1 Å². The largest absolute Gasteiger partial charge is 0.490 e. The summed E-state index contributed by atoms with van der Waals surface area (Å²) in [5, 5.41) is 16.9. The minimum Gasteiger partial charge on any atom is -0.490 e. The fourth-order valence-corrected chi connectivity index (χ4v) is 4.37. The molecule has 8 nitrogen and oxygen atoms in total. The number of hydrogen-bond donors (Lipinski definition) is 0. The molecule has 35 heavy (non-hydrogen) atoms. The summed E-state index contributed by atoms with van der Waals surface area (Å²) in [5.41, 5.74) is 3.28. The standard InChI is InChI=1S/C26H22IN3O5/c1-3-34-24-15-19(13-22-17(2)28-29(26(22)31)20-9-5-4-6-10-20)14-23(27)25(24)35-16-18-8-7-11-21(12-18)30(32)33/h4-15H,3,16H2,1-2H3/b22-13+. The van der Waals surface area contributed by atoms with Crippen LogP contribution in [0.1, 0.15) is 25.0 Å². The Morgan fingerprint density at radius 1 is 1.09 bits per heavy atom. The molecule has 0 N–H and O–H groups in total. The van der Waals surface area contributed by atoms with Crippen LogP contribution in [0.25, 0.3) is 6.08 Å². The molecule has 0 aliphatic carbocycles. The average molecular weight is 583 g/mol. The van der Waals surface area contributed by atoms with Crippen molar-refractivity contribution in [3.8, 4) is 11.5 Å². The summed E-state index contributed by atoms with van der Waals surface area (Å²) >= 11 is 2.15. The summed E-state index contributed by atoms with van der Waals surface area (Å²) in [7, 11) is 0.